The lowest BCUT2D eigenvalue weighted by molar-refractivity contribution is -0.120. The first-order chi connectivity index (χ1) is 12.8. The monoisotopic (exact) mass is 412 g/mol. The van der Waals surface area contributed by atoms with E-state index >= 15 is 0 Å². The average molecular weight is 413 g/mol. The number of rotatable bonds is 4. The van der Waals surface area contributed by atoms with Gasteiger partial charge in [-0.25, -0.2) is 12.8 Å². The molecule has 1 heterocycles. The molecule has 0 spiro atoms. The maximum absolute atomic E-state index is 13.3. The van der Waals surface area contributed by atoms with Crippen LogP contribution in [0.5, 0.6) is 5.75 Å². The summed E-state index contributed by atoms with van der Waals surface area (Å²) in [6.45, 7) is 0.352. The number of hydrogen-bond donors (Lipinski definition) is 2. The van der Waals surface area contributed by atoms with E-state index in [-0.39, 0.29) is 40.6 Å². The lowest BCUT2D eigenvalue weighted by atomic mass is 9.97. The Kier molecular flexibility index (Phi) is 5.69. The number of phenols is 1. The van der Waals surface area contributed by atoms with Gasteiger partial charge in [-0.05, 0) is 43.2 Å². The molecule has 1 aliphatic heterocycles. The summed E-state index contributed by atoms with van der Waals surface area (Å²) >= 11 is 5.68. The van der Waals surface area contributed by atoms with Crippen LogP contribution in [0.2, 0.25) is 5.02 Å². The van der Waals surface area contributed by atoms with E-state index in [9.17, 15) is 22.7 Å². The highest BCUT2D eigenvalue weighted by molar-refractivity contribution is 7.89. The Balaban J connectivity index is 1.64. The number of amides is 1. The van der Waals surface area contributed by atoms with Gasteiger partial charge in [0.15, 0.2) is 0 Å². The van der Waals surface area contributed by atoms with Gasteiger partial charge in [0.2, 0.25) is 15.9 Å². The molecule has 9 heteroatoms. The van der Waals surface area contributed by atoms with Crippen LogP contribution in [0.25, 0.3) is 0 Å². The molecule has 0 aromatic heterocycles. The first-order valence-electron chi connectivity index (χ1n) is 8.32. The van der Waals surface area contributed by atoms with Crippen molar-refractivity contribution in [3.8, 4) is 5.75 Å². The van der Waals surface area contributed by atoms with E-state index < -0.39 is 15.8 Å². The van der Waals surface area contributed by atoms with E-state index in [4.69, 9.17) is 11.6 Å². The van der Waals surface area contributed by atoms with Crippen molar-refractivity contribution < 1.29 is 22.7 Å². The summed E-state index contributed by atoms with van der Waals surface area (Å²) in [6.07, 6.45) is 0.720. The Morgan fingerprint density at radius 2 is 1.89 bits per heavy atom. The summed E-state index contributed by atoms with van der Waals surface area (Å²) in [7, 11) is -3.80. The third-order valence-corrected chi connectivity index (χ3v) is 6.65. The minimum atomic E-state index is -3.80. The molecule has 0 radical (unpaired) electrons. The predicted molar refractivity (Wildman–Crippen MR) is 99.6 cm³/mol. The molecule has 27 heavy (non-hydrogen) atoms. The zero-order chi connectivity index (χ0) is 19.6. The molecule has 0 saturated carbocycles. The number of piperidine rings is 1. The fraction of sp³-hybridized carbons (Fsp3) is 0.278. The molecule has 0 unspecified atom stereocenters. The van der Waals surface area contributed by atoms with Gasteiger partial charge in [0.05, 0.1) is 9.92 Å². The zero-order valence-corrected chi connectivity index (χ0v) is 15.8. The first kappa shape index (κ1) is 19.6. The van der Waals surface area contributed by atoms with Crippen molar-refractivity contribution in [2.24, 2.45) is 5.92 Å². The lowest BCUT2D eigenvalue weighted by Gasteiger charge is -2.30. The molecule has 3 rings (SSSR count). The molecule has 144 valence electrons. The van der Waals surface area contributed by atoms with Crippen LogP contribution in [0.1, 0.15) is 12.8 Å². The number of nitrogens with one attached hydrogen (secondary N) is 1. The van der Waals surface area contributed by atoms with Crippen molar-refractivity contribution in [3.05, 3.63) is 53.3 Å². The van der Waals surface area contributed by atoms with Crippen LogP contribution in [0.15, 0.2) is 47.4 Å². The Bertz CT molecular complexity index is 960. The number of hydrogen-bond acceptors (Lipinski definition) is 4. The molecule has 0 aliphatic carbocycles. The maximum Gasteiger partial charge on any atom is 0.243 e. The van der Waals surface area contributed by atoms with Crippen LogP contribution >= 0.6 is 11.6 Å². The number of carbonyl (C=O) groups is 1. The summed E-state index contributed by atoms with van der Waals surface area (Å²) in [5.74, 6) is -1.19. The van der Waals surface area contributed by atoms with E-state index in [1.807, 2.05) is 0 Å². The van der Waals surface area contributed by atoms with Crippen molar-refractivity contribution >= 4 is 33.2 Å². The largest absolute Gasteiger partial charge is 0.508 e. The van der Waals surface area contributed by atoms with Crippen LogP contribution in [-0.2, 0) is 14.8 Å². The lowest BCUT2D eigenvalue weighted by Crippen LogP contribution is -2.41. The molecule has 0 atom stereocenters. The molecule has 6 nitrogen and oxygen atoms in total. The molecule has 1 aliphatic rings. The number of aromatic hydroxyl groups is 1. The van der Waals surface area contributed by atoms with Gasteiger partial charge in [0, 0.05) is 30.8 Å². The second-order valence-electron chi connectivity index (χ2n) is 6.29. The Morgan fingerprint density at radius 1 is 1.19 bits per heavy atom. The van der Waals surface area contributed by atoms with Gasteiger partial charge < -0.3 is 10.4 Å². The standard InChI is InChI=1S/C18H18ClFN2O4S/c19-16-11-15(4-5-17(16)20)27(25,26)22-8-6-12(7-9-22)18(24)21-13-2-1-3-14(23)10-13/h1-5,10-12,23H,6-9H2,(H,21,24). The number of halogens is 2. The third kappa shape index (κ3) is 4.40. The molecule has 2 aromatic carbocycles. The Morgan fingerprint density at radius 3 is 2.52 bits per heavy atom. The van der Waals surface area contributed by atoms with E-state index in [0.717, 1.165) is 12.1 Å². The fourth-order valence-electron chi connectivity index (χ4n) is 2.97. The minimum Gasteiger partial charge on any atom is -0.508 e. The summed E-state index contributed by atoms with van der Waals surface area (Å²) in [5.41, 5.74) is 0.482. The van der Waals surface area contributed by atoms with Gasteiger partial charge >= 0.3 is 0 Å². The molecular formula is C18H18ClFN2O4S. The van der Waals surface area contributed by atoms with Crippen molar-refractivity contribution in [1.82, 2.24) is 4.31 Å². The van der Waals surface area contributed by atoms with E-state index in [0.29, 0.717) is 18.5 Å². The molecule has 1 saturated heterocycles. The molecule has 0 bridgehead atoms. The SMILES string of the molecule is O=C(Nc1cccc(O)c1)C1CCN(S(=O)(=O)c2ccc(F)c(Cl)c2)CC1. The van der Waals surface area contributed by atoms with Crippen LogP contribution in [0.3, 0.4) is 0 Å². The third-order valence-electron chi connectivity index (χ3n) is 4.47. The number of anilines is 1. The fourth-order valence-corrected chi connectivity index (χ4v) is 4.71. The van der Waals surface area contributed by atoms with Crippen LogP contribution in [0.4, 0.5) is 10.1 Å². The van der Waals surface area contributed by atoms with Crippen molar-refractivity contribution in [1.29, 1.82) is 0 Å². The Hall–Kier alpha value is -2.16. The van der Waals surface area contributed by atoms with Gasteiger partial charge in [-0.2, -0.15) is 4.31 Å². The zero-order valence-electron chi connectivity index (χ0n) is 14.2. The number of sulfonamides is 1. The molecule has 1 fully saturated rings. The normalized spacial score (nSPS) is 16.2. The number of phenolic OH excluding ortho intramolecular Hbond substituents is 1. The summed E-state index contributed by atoms with van der Waals surface area (Å²) < 4.78 is 39.9. The topological polar surface area (TPSA) is 86.7 Å². The summed E-state index contributed by atoms with van der Waals surface area (Å²) in [6, 6.07) is 9.51. The molecule has 2 N–H and O–H groups in total. The van der Waals surface area contributed by atoms with Gasteiger partial charge in [0.1, 0.15) is 11.6 Å². The van der Waals surface area contributed by atoms with Crippen molar-refractivity contribution in [2.75, 3.05) is 18.4 Å². The maximum atomic E-state index is 13.3. The first-order valence-corrected chi connectivity index (χ1v) is 10.1. The van der Waals surface area contributed by atoms with Gasteiger partial charge in [-0.15, -0.1) is 0 Å². The average Bonchev–Trinajstić information content (AvgIpc) is 2.64. The van der Waals surface area contributed by atoms with Crippen molar-refractivity contribution in [3.63, 3.8) is 0 Å². The highest BCUT2D eigenvalue weighted by Crippen LogP contribution is 2.27. The smallest absolute Gasteiger partial charge is 0.243 e. The number of carbonyl (C=O) groups excluding carboxylic acids is 1. The van der Waals surface area contributed by atoms with Crippen molar-refractivity contribution in [2.45, 2.75) is 17.7 Å². The summed E-state index contributed by atoms with van der Waals surface area (Å²) in [5, 5.41) is 11.9. The van der Waals surface area contributed by atoms with E-state index in [2.05, 4.69) is 5.32 Å². The van der Waals surface area contributed by atoms with Crippen LogP contribution in [0, 0.1) is 11.7 Å². The number of benzene rings is 2. The van der Waals surface area contributed by atoms with Crippen LogP contribution < -0.4 is 5.32 Å². The van der Waals surface area contributed by atoms with E-state index in [1.54, 1.807) is 12.1 Å². The quantitative estimate of drug-likeness (QED) is 0.807. The minimum absolute atomic E-state index is 0.0478. The highest BCUT2D eigenvalue weighted by atomic mass is 35.5. The molecule has 2 aromatic rings. The highest BCUT2D eigenvalue weighted by Gasteiger charge is 2.32. The van der Waals surface area contributed by atoms with Crippen LogP contribution in [-0.4, -0.2) is 36.8 Å². The van der Waals surface area contributed by atoms with Gasteiger partial charge in [-0.3, -0.25) is 4.79 Å². The van der Waals surface area contributed by atoms with E-state index in [1.165, 1.54) is 22.5 Å². The second kappa shape index (κ2) is 7.84. The Labute approximate surface area is 161 Å². The predicted octanol–water partition coefficient (Wildman–Crippen LogP) is 3.22. The van der Waals surface area contributed by atoms with Gasteiger partial charge in [0.25, 0.3) is 0 Å². The summed E-state index contributed by atoms with van der Waals surface area (Å²) in [4.78, 5) is 12.3. The molecular weight excluding hydrogens is 395 g/mol. The molecule has 1 amide bonds. The van der Waals surface area contributed by atoms with Gasteiger partial charge in [-0.1, -0.05) is 17.7 Å². The number of nitrogens with zero attached hydrogens (tertiary/aromatic N) is 1. The second-order valence-corrected chi connectivity index (χ2v) is 8.64.